The molecule has 82 valence electrons. The Balaban J connectivity index is 1.83. The van der Waals surface area contributed by atoms with E-state index in [-0.39, 0.29) is 0 Å². The van der Waals surface area contributed by atoms with E-state index in [1.165, 1.54) is 58.4 Å². The van der Waals surface area contributed by atoms with Gasteiger partial charge < -0.3 is 10.2 Å². The zero-order valence-corrected chi connectivity index (χ0v) is 9.34. The van der Waals surface area contributed by atoms with Crippen LogP contribution in [0.25, 0.3) is 0 Å². The van der Waals surface area contributed by atoms with Gasteiger partial charge >= 0.3 is 0 Å². The molecular formula is C11H23N3. The van der Waals surface area contributed by atoms with E-state index in [0.29, 0.717) is 6.17 Å². The van der Waals surface area contributed by atoms with E-state index in [0.717, 1.165) is 0 Å². The number of piperidine rings is 1. The molecule has 0 aromatic rings. The van der Waals surface area contributed by atoms with Gasteiger partial charge in [-0.25, -0.2) is 0 Å². The molecule has 2 rings (SSSR count). The molecule has 0 amide bonds. The van der Waals surface area contributed by atoms with E-state index in [1.807, 2.05) is 0 Å². The molecular weight excluding hydrogens is 174 g/mol. The van der Waals surface area contributed by atoms with Gasteiger partial charge in [-0.2, -0.15) is 0 Å². The van der Waals surface area contributed by atoms with Crippen molar-refractivity contribution in [1.82, 2.24) is 15.1 Å². The smallest absolute Gasteiger partial charge is 0.0597 e. The molecule has 3 heteroatoms. The van der Waals surface area contributed by atoms with E-state index in [9.17, 15) is 0 Å². The molecule has 2 fully saturated rings. The van der Waals surface area contributed by atoms with Gasteiger partial charge in [0.25, 0.3) is 0 Å². The Kier molecular flexibility index (Phi) is 3.79. The standard InChI is InChI=1S/C11H23N3/c1-13-7-4-8-14(10-9-13)11-5-2-3-6-12-11/h11-12H,2-10H2,1H3. The quantitative estimate of drug-likeness (QED) is 0.668. The van der Waals surface area contributed by atoms with Gasteiger partial charge in [0.1, 0.15) is 0 Å². The number of nitrogens with zero attached hydrogens (tertiary/aromatic N) is 2. The maximum absolute atomic E-state index is 3.64. The fraction of sp³-hybridized carbons (Fsp3) is 1.00. The van der Waals surface area contributed by atoms with Gasteiger partial charge in [-0.15, -0.1) is 0 Å². The third kappa shape index (κ3) is 2.69. The molecule has 0 aliphatic carbocycles. The van der Waals surface area contributed by atoms with Gasteiger partial charge in [-0.3, -0.25) is 4.90 Å². The predicted molar refractivity (Wildman–Crippen MR) is 59.3 cm³/mol. The highest BCUT2D eigenvalue weighted by molar-refractivity contribution is 4.77. The van der Waals surface area contributed by atoms with Crippen LogP contribution in [0.5, 0.6) is 0 Å². The van der Waals surface area contributed by atoms with Crippen LogP contribution in [0.4, 0.5) is 0 Å². The third-order valence-corrected chi connectivity index (χ3v) is 3.48. The first-order chi connectivity index (χ1) is 6.86. The van der Waals surface area contributed by atoms with E-state index < -0.39 is 0 Å². The maximum atomic E-state index is 3.64. The minimum atomic E-state index is 0.676. The topological polar surface area (TPSA) is 18.5 Å². The normalized spacial score (nSPS) is 32.8. The highest BCUT2D eigenvalue weighted by Gasteiger charge is 2.21. The second-order valence-electron chi connectivity index (χ2n) is 4.66. The van der Waals surface area contributed by atoms with Crippen molar-refractivity contribution in [1.29, 1.82) is 0 Å². The zero-order valence-electron chi connectivity index (χ0n) is 9.34. The van der Waals surface area contributed by atoms with E-state index in [2.05, 4.69) is 22.2 Å². The van der Waals surface area contributed by atoms with Crippen LogP contribution < -0.4 is 5.32 Å². The van der Waals surface area contributed by atoms with Crippen LogP contribution in [0.1, 0.15) is 25.7 Å². The van der Waals surface area contributed by atoms with Crippen molar-refractivity contribution in [3.8, 4) is 0 Å². The number of nitrogens with one attached hydrogen (secondary N) is 1. The largest absolute Gasteiger partial charge is 0.305 e. The van der Waals surface area contributed by atoms with Gasteiger partial charge in [-0.1, -0.05) is 0 Å². The van der Waals surface area contributed by atoms with Gasteiger partial charge in [0.05, 0.1) is 6.17 Å². The summed E-state index contributed by atoms with van der Waals surface area (Å²) in [5.74, 6) is 0. The van der Waals surface area contributed by atoms with Crippen LogP contribution in [0.15, 0.2) is 0 Å². The van der Waals surface area contributed by atoms with Crippen molar-refractivity contribution in [2.24, 2.45) is 0 Å². The molecule has 2 saturated heterocycles. The highest BCUT2D eigenvalue weighted by Crippen LogP contribution is 2.13. The van der Waals surface area contributed by atoms with Crippen molar-refractivity contribution < 1.29 is 0 Å². The first-order valence-electron chi connectivity index (χ1n) is 6.02. The number of rotatable bonds is 1. The van der Waals surface area contributed by atoms with Crippen molar-refractivity contribution in [2.75, 3.05) is 39.8 Å². The fourth-order valence-corrected chi connectivity index (χ4v) is 2.52. The van der Waals surface area contributed by atoms with Gasteiger partial charge in [0.2, 0.25) is 0 Å². The molecule has 2 aliphatic heterocycles. The number of likely N-dealkylation sites (N-methyl/N-ethyl adjacent to an activating group) is 1. The molecule has 0 bridgehead atoms. The van der Waals surface area contributed by atoms with Crippen molar-refractivity contribution in [3.63, 3.8) is 0 Å². The molecule has 2 heterocycles. The fourth-order valence-electron chi connectivity index (χ4n) is 2.52. The lowest BCUT2D eigenvalue weighted by molar-refractivity contribution is 0.143. The van der Waals surface area contributed by atoms with Crippen LogP contribution in [-0.4, -0.2) is 55.7 Å². The lowest BCUT2D eigenvalue weighted by Gasteiger charge is -2.34. The van der Waals surface area contributed by atoms with Gasteiger partial charge in [0.15, 0.2) is 0 Å². The summed E-state index contributed by atoms with van der Waals surface area (Å²) in [6.45, 7) is 6.24. The van der Waals surface area contributed by atoms with E-state index >= 15 is 0 Å². The zero-order chi connectivity index (χ0) is 9.80. The Morgan fingerprint density at radius 2 is 1.93 bits per heavy atom. The lowest BCUT2D eigenvalue weighted by Crippen LogP contribution is -2.49. The molecule has 0 aromatic heterocycles. The molecule has 0 radical (unpaired) electrons. The van der Waals surface area contributed by atoms with E-state index in [4.69, 9.17) is 0 Å². The average Bonchev–Trinajstić information content (AvgIpc) is 2.44. The van der Waals surface area contributed by atoms with Crippen molar-refractivity contribution in [3.05, 3.63) is 0 Å². The van der Waals surface area contributed by atoms with Crippen LogP contribution in [-0.2, 0) is 0 Å². The third-order valence-electron chi connectivity index (χ3n) is 3.48. The second kappa shape index (κ2) is 5.10. The molecule has 0 saturated carbocycles. The minimum Gasteiger partial charge on any atom is -0.305 e. The molecule has 0 aromatic carbocycles. The first kappa shape index (κ1) is 10.4. The summed E-state index contributed by atoms with van der Waals surface area (Å²) in [4.78, 5) is 5.09. The summed E-state index contributed by atoms with van der Waals surface area (Å²) in [5, 5.41) is 3.64. The van der Waals surface area contributed by atoms with Crippen LogP contribution in [0, 0.1) is 0 Å². The Hall–Kier alpha value is -0.120. The summed E-state index contributed by atoms with van der Waals surface area (Å²) < 4.78 is 0. The summed E-state index contributed by atoms with van der Waals surface area (Å²) in [7, 11) is 2.23. The summed E-state index contributed by atoms with van der Waals surface area (Å²) in [5.41, 5.74) is 0. The maximum Gasteiger partial charge on any atom is 0.0597 e. The monoisotopic (exact) mass is 197 g/mol. The Bertz CT molecular complexity index is 166. The van der Waals surface area contributed by atoms with Gasteiger partial charge in [0, 0.05) is 19.6 Å². The van der Waals surface area contributed by atoms with Crippen LogP contribution in [0.2, 0.25) is 0 Å². The number of hydrogen-bond donors (Lipinski definition) is 1. The van der Waals surface area contributed by atoms with Crippen molar-refractivity contribution >= 4 is 0 Å². The number of hydrogen-bond acceptors (Lipinski definition) is 3. The summed E-state index contributed by atoms with van der Waals surface area (Å²) >= 11 is 0. The van der Waals surface area contributed by atoms with Crippen molar-refractivity contribution in [2.45, 2.75) is 31.8 Å². The Labute approximate surface area is 87.4 Å². The molecule has 2 aliphatic rings. The first-order valence-corrected chi connectivity index (χ1v) is 6.02. The molecule has 1 N–H and O–H groups in total. The second-order valence-corrected chi connectivity index (χ2v) is 4.66. The van der Waals surface area contributed by atoms with Gasteiger partial charge in [-0.05, 0) is 45.8 Å². The lowest BCUT2D eigenvalue weighted by atomic mass is 10.1. The molecule has 0 spiro atoms. The molecule has 1 unspecified atom stereocenters. The predicted octanol–water partition coefficient (Wildman–Crippen LogP) is 0.724. The van der Waals surface area contributed by atoms with Crippen LogP contribution >= 0.6 is 0 Å². The summed E-state index contributed by atoms with van der Waals surface area (Å²) in [6, 6.07) is 0. The minimum absolute atomic E-state index is 0.676. The summed E-state index contributed by atoms with van der Waals surface area (Å²) in [6.07, 6.45) is 6.13. The molecule has 1 atom stereocenters. The molecule has 3 nitrogen and oxygen atoms in total. The highest BCUT2D eigenvalue weighted by atomic mass is 15.3. The Morgan fingerprint density at radius 1 is 1.00 bits per heavy atom. The van der Waals surface area contributed by atoms with E-state index in [1.54, 1.807) is 0 Å². The van der Waals surface area contributed by atoms with Crippen LogP contribution in [0.3, 0.4) is 0 Å². The Morgan fingerprint density at radius 3 is 2.71 bits per heavy atom. The average molecular weight is 197 g/mol. The molecule has 14 heavy (non-hydrogen) atoms. The SMILES string of the molecule is CN1CCCN(C2CCCCN2)CC1.